The number of nitrogens with one attached hydrogen (secondary N) is 3. The van der Waals surface area contributed by atoms with Gasteiger partial charge in [0.15, 0.2) is 0 Å². The molecule has 1 aliphatic heterocycles. The molecule has 8 N–H and O–H groups in total. The van der Waals surface area contributed by atoms with Crippen molar-refractivity contribution in [3.8, 4) is 0 Å². The van der Waals surface area contributed by atoms with Crippen LogP contribution in [-0.2, 0) is 29.0 Å². The fraction of sp³-hybridized carbons (Fsp3) is 0.459. The van der Waals surface area contributed by atoms with Gasteiger partial charge in [0.1, 0.15) is 6.04 Å². The van der Waals surface area contributed by atoms with Crippen LogP contribution >= 0.6 is 0 Å². The number of nitrogens with zero attached hydrogens (tertiary/aromatic N) is 3. The van der Waals surface area contributed by atoms with E-state index in [2.05, 4.69) is 31.2 Å². The summed E-state index contributed by atoms with van der Waals surface area (Å²) in [6, 6.07) is 19.7. The van der Waals surface area contributed by atoms with Gasteiger partial charge < -0.3 is 26.6 Å². The van der Waals surface area contributed by atoms with E-state index in [1.165, 1.54) is 5.48 Å². The second-order valence-corrected chi connectivity index (χ2v) is 14.1. The third kappa shape index (κ3) is 11.6. The maximum Gasteiger partial charge on any atom is 0.335 e. The highest BCUT2D eigenvalue weighted by atomic mass is 16.5. The standard InChI is InChI=1S/C36H47N5O4.CH4N2O2/c1-36(2,3)39-35(45)31-24-40(22-26-12-9-15-37-21-26)16-17-41(31)23-29(42)19-28(18-25-10-5-4-6-11-25)34(44)38-33-30-14-8-7-13-27(30)20-32(33)43;2-1(4)3-5/h4-15,21,28-29,31-33,42-43H,16-20,22-24H2,1-3H3,(H,38,44)(H,39,45);5H,(H3,2,3,4)/t28-,29+,31+,32-,33+;/m1./s1. The lowest BCUT2D eigenvalue weighted by atomic mass is 9.91. The molecule has 1 aliphatic carbocycles. The molecule has 0 unspecified atom stereocenters. The van der Waals surface area contributed by atoms with Gasteiger partial charge in [0, 0.05) is 63.0 Å². The molecule has 2 aliphatic rings. The lowest BCUT2D eigenvalue weighted by Crippen LogP contribution is -2.61. The Balaban J connectivity index is 0.00000105. The number of pyridine rings is 1. The van der Waals surface area contributed by atoms with E-state index in [4.69, 9.17) is 5.21 Å². The molecule has 13 nitrogen and oxygen atoms in total. The molecule has 13 heteroatoms. The summed E-state index contributed by atoms with van der Waals surface area (Å²) in [6.45, 7) is 8.74. The van der Waals surface area contributed by atoms with Crippen LogP contribution in [-0.4, -0.2) is 98.0 Å². The number of hydrogen-bond acceptors (Lipinski definition) is 9. The Labute approximate surface area is 293 Å². The molecule has 4 amide bonds. The number of amides is 4. The predicted octanol–water partition coefficient (Wildman–Crippen LogP) is 1.91. The van der Waals surface area contributed by atoms with Crippen LogP contribution in [0.3, 0.4) is 0 Å². The fourth-order valence-electron chi connectivity index (χ4n) is 6.56. The predicted molar refractivity (Wildman–Crippen MR) is 189 cm³/mol. The first-order chi connectivity index (χ1) is 23.8. The smallest absolute Gasteiger partial charge is 0.335 e. The highest BCUT2D eigenvalue weighted by Crippen LogP contribution is 2.32. The van der Waals surface area contributed by atoms with Gasteiger partial charge in [-0.05, 0) is 61.9 Å². The Bertz CT molecular complexity index is 1540. The summed E-state index contributed by atoms with van der Waals surface area (Å²) in [6.07, 6.45) is 3.26. The van der Waals surface area contributed by atoms with E-state index in [1.807, 2.05) is 93.7 Å². The second kappa shape index (κ2) is 18.0. The summed E-state index contributed by atoms with van der Waals surface area (Å²) in [4.78, 5) is 45.1. The third-order valence-electron chi connectivity index (χ3n) is 8.81. The fourth-order valence-corrected chi connectivity index (χ4v) is 6.56. The minimum atomic E-state index is -0.940. The molecule has 1 saturated heterocycles. The summed E-state index contributed by atoms with van der Waals surface area (Å²) in [5.74, 6) is -0.781. The van der Waals surface area contributed by atoms with Crippen LogP contribution in [0.1, 0.15) is 55.5 Å². The first-order valence-electron chi connectivity index (χ1n) is 17.0. The van der Waals surface area contributed by atoms with Gasteiger partial charge in [0.25, 0.3) is 0 Å². The van der Waals surface area contributed by atoms with Crippen molar-refractivity contribution in [3.63, 3.8) is 0 Å². The number of aliphatic hydroxyl groups excluding tert-OH is 2. The van der Waals surface area contributed by atoms with Crippen LogP contribution in [0.4, 0.5) is 4.79 Å². The van der Waals surface area contributed by atoms with E-state index in [-0.39, 0.29) is 24.8 Å². The van der Waals surface area contributed by atoms with Crippen molar-refractivity contribution in [2.45, 2.75) is 76.4 Å². The third-order valence-corrected chi connectivity index (χ3v) is 8.81. The normalized spacial score (nSPS) is 20.4. The van der Waals surface area contributed by atoms with Crippen molar-refractivity contribution in [1.82, 2.24) is 30.9 Å². The molecule has 5 rings (SSSR count). The Kier molecular flexibility index (Phi) is 13.8. The number of hydroxylamine groups is 1. The van der Waals surface area contributed by atoms with Gasteiger partial charge in [0.05, 0.1) is 18.2 Å². The SMILES string of the molecule is CC(C)(C)NC(=O)[C@@H]1CN(Cc2cccnc2)CCN1C[C@@H](O)C[C@@H](Cc1ccccc1)C(=O)N[C@H]1c2ccccc2C[C@H]1O.NC(=O)NO. The first kappa shape index (κ1) is 38.4. The Morgan fingerprint density at radius 1 is 1.00 bits per heavy atom. The second-order valence-electron chi connectivity index (χ2n) is 14.1. The van der Waals surface area contributed by atoms with Crippen LogP contribution < -0.4 is 21.8 Å². The largest absolute Gasteiger partial charge is 0.392 e. The quantitative estimate of drug-likeness (QED) is 0.116. The average molecular weight is 690 g/mol. The Morgan fingerprint density at radius 3 is 2.34 bits per heavy atom. The van der Waals surface area contributed by atoms with Gasteiger partial charge in [-0.1, -0.05) is 60.7 Å². The lowest BCUT2D eigenvalue weighted by Gasteiger charge is -2.42. The number of carbonyl (C=O) groups excluding carboxylic acids is 3. The minimum Gasteiger partial charge on any atom is -0.392 e. The van der Waals surface area contributed by atoms with E-state index in [1.54, 1.807) is 6.20 Å². The lowest BCUT2D eigenvalue weighted by molar-refractivity contribution is -0.132. The van der Waals surface area contributed by atoms with Gasteiger partial charge in [0.2, 0.25) is 11.8 Å². The molecule has 0 saturated carbocycles. The van der Waals surface area contributed by atoms with Gasteiger partial charge in [-0.2, -0.15) is 0 Å². The van der Waals surface area contributed by atoms with Gasteiger partial charge >= 0.3 is 6.03 Å². The average Bonchev–Trinajstić information content (AvgIpc) is 3.39. The number of aromatic nitrogens is 1. The number of nitrogens with two attached hydrogens (primary N) is 1. The number of primary amides is 1. The van der Waals surface area contributed by atoms with Crippen LogP contribution in [0.25, 0.3) is 0 Å². The van der Waals surface area contributed by atoms with E-state index < -0.39 is 41.8 Å². The zero-order valence-corrected chi connectivity index (χ0v) is 29.0. The molecule has 50 heavy (non-hydrogen) atoms. The molecule has 1 fully saturated rings. The number of hydrogen-bond donors (Lipinski definition) is 7. The monoisotopic (exact) mass is 689 g/mol. The Hall–Kier alpha value is -4.40. The maximum atomic E-state index is 13.8. The molecule has 3 aromatic rings. The number of urea groups is 1. The van der Waals surface area contributed by atoms with E-state index in [0.717, 1.165) is 28.8 Å². The van der Waals surface area contributed by atoms with Crippen LogP contribution in [0.2, 0.25) is 0 Å². The Morgan fingerprint density at radius 2 is 1.68 bits per heavy atom. The van der Waals surface area contributed by atoms with Gasteiger partial charge in [-0.15, -0.1) is 0 Å². The van der Waals surface area contributed by atoms with Gasteiger partial charge in [-0.25, -0.2) is 10.3 Å². The molecule has 2 aromatic carbocycles. The molecule has 0 radical (unpaired) electrons. The molecule has 1 aromatic heterocycles. The highest BCUT2D eigenvalue weighted by molar-refractivity contribution is 5.83. The minimum absolute atomic E-state index is 0.0712. The molecule has 0 spiro atoms. The summed E-state index contributed by atoms with van der Waals surface area (Å²) < 4.78 is 0. The summed E-state index contributed by atoms with van der Waals surface area (Å²) >= 11 is 0. The van der Waals surface area contributed by atoms with Crippen LogP contribution in [0.15, 0.2) is 79.1 Å². The number of rotatable bonds is 11. The highest BCUT2D eigenvalue weighted by Gasteiger charge is 2.37. The summed E-state index contributed by atoms with van der Waals surface area (Å²) in [5, 5.41) is 35.9. The maximum absolute atomic E-state index is 13.8. The van der Waals surface area contributed by atoms with E-state index in [0.29, 0.717) is 32.5 Å². The van der Waals surface area contributed by atoms with E-state index in [9.17, 15) is 24.6 Å². The number of β-amino-alcohol motifs (C(OH)–C–C–N with tert-alkyl or cyclic N) is 1. The molecule has 5 atom stereocenters. The van der Waals surface area contributed by atoms with Crippen molar-refractivity contribution in [2.24, 2.45) is 11.7 Å². The molecule has 270 valence electrons. The van der Waals surface area contributed by atoms with Crippen molar-refractivity contribution in [1.29, 1.82) is 0 Å². The van der Waals surface area contributed by atoms with Crippen molar-refractivity contribution < 1.29 is 29.8 Å². The topological polar surface area (TPSA) is 193 Å². The molecular weight excluding hydrogens is 638 g/mol. The zero-order valence-electron chi connectivity index (χ0n) is 29.0. The number of fused-ring (bicyclic) bond motifs is 1. The van der Waals surface area contributed by atoms with Crippen molar-refractivity contribution in [3.05, 3.63) is 101 Å². The zero-order chi connectivity index (χ0) is 36.3. The van der Waals surface area contributed by atoms with Gasteiger partial charge in [-0.3, -0.25) is 29.6 Å². The summed E-state index contributed by atoms with van der Waals surface area (Å²) in [7, 11) is 0. The first-order valence-corrected chi connectivity index (χ1v) is 17.0. The van der Waals surface area contributed by atoms with Crippen molar-refractivity contribution in [2.75, 3.05) is 26.2 Å². The van der Waals surface area contributed by atoms with Crippen LogP contribution in [0.5, 0.6) is 0 Å². The number of carbonyl (C=O) groups is 3. The van der Waals surface area contributed by atoms with E-state index >= 15 is 0 Å². The van der Waals surface area contributed by atoms with Crippen LogP contribution in [0, 0.1) is 5.92 Å². The van der Waals surface area contributed by atoms with Crippen molar-refractivity contribution >= 4 is 17.8 Å². The molecule has 2 heterocycles. The number of aliphatic hydroxyl groups is 2. The number of benzene rings is 2. The molecule has 0 bridgehead atoms. The summed E-state index contributed by atoms with van der Waals surface area (Å²) in [5.41, 5.74) is 9.13. The molecular formula is C37H51N7O6. The number of piperazine rings is 1.